The van der Waals surface area contributed by atoms with Gasteiger partial charge < -0.3 is 19.2 Å². The molecule has 0 aliphatic heterocycles. The minimum atomic E-state index is -4.82. The lowest BCUT2D eigenvalue weighted by Crippen LogP contribution is -2.45. The standard InChI is InChI=1S/C16H16Cl2F3NO4/c1-25-5-4-22(7-12(23)16(19,20)21)13(24)6-9-8-26-15-10(9)2-3-11(17)14(15)18/h2-3,8,12,23H,4-7H2,1H3. The number of benzene rings is 1. The molecule has 10 heteroatoms. The molecule has 0 saturated carbocycles. The van der Waals surface area contributed by atoms with E-state index >= 15 is 0 Å². The first kappa shape index (κ1) is 20.8. The second-order valence-corrected chi connectivity index (χ2v) is 6.35. The zero-order valence-corrected chi connectivity index (χ0v) is 15.2. The van der Waals surface area contributed by atoms with E-state index in [1.165, 1.54) is 19.4 Å². The summed E-state index contributed by atoms with van der Waals surface area (Å²) in [5, 5.41) is 10.3. The highest BCUT2D eigenvalue weighted by Crippen LogP contribution is 2.34. The van der Waals surface area contributed by atoms with Crippen LogP contribution in [-0.4, -0.2) is 55.0 Å². The maximum atomic E-state index is 12.6. The fraction of sp³-hybridized carbons (Fsp3) is 0.438. The highest BCUT2D eigenvalue weighted by atomic mass is 35.5. The number of ether oxygens (including phenoxy) is 1. The van der Waals surface area contributed by atoms with E-state index in [0.717, 1.165) is 4.90 Å². The molecule has 2 rings (SSSR count). The van der Waals surface area contributed by atoms with Crippen LogP contribution in [0.3, 0.4) is 0 Å². The number of furan rings is 1. The fourth-order valence-corrected chi connectivity index (χ4v) is 2.69. The maximum absolute atomic E-state index is 12.6. The van der Waals surface area contributed by atoms with Crippen molar-refractivity contribution in [3.8, 4) is 0 Å². The second-order valence-electron chi connectivity index (χ2n) is 5.57. The van der Waals surface area contributed by atoms with E-state index in [4.69, 9.17) is 32.4 Å². The summed E-state index contributed by atoms with van der Waals surface area (Å²) in [7, 11) is 1.36. The highest BCUT2D eigenvalue weighted by molar-refractivity contribution is 6.44. The van der Waals surface area contributed by atoms with Crippen LogP contribution in [0, 0.1) is 0 Å². The van der Waals surface area contributed by atoms with E-state index in [1.807, 2.05) is 0 Å². The number of methoxy groups -OCH3 is 1. The largest absolute Gasteiger partial charge is 0.462 e. The van der Waals surface area contributed by atoms with Crippen LogP contribution in [0.5, 0.6) is 0 Å². The Bertz CT molecular complexity index is 779. The number of halogens is 5. The third-order valence-corrected chi connectivity index (χ3v) is 4.53. The van der Waals surface area contributed by atoms with Crippen LogP contribution in [0.1, 0.15) is 5.56 Å². The second kappa shape index (κ2) is 8.47. The van der Waals surface area contributed by atoms with Gasteiger partial charge >= 0.3 is 6.18 Å². The number of carbonyl (C=O) groups excluding carboxylic acids is 1. The van der Waals surface area contributed by atoms with Gasteiger partial charge in [0, 0.05) is 24.6 Å². The monoisotopic (exact) mass is 413 g/mol. The zero-order chi connectivity index (χ0) is 19.5. The normalized spacial score (nSPS) is 13.2. The summed E-state index contributed by atoms with van der Waals surface area (Å²) in [5.41, 5.74) is 0.744. The summed E-state index contributed by atoms with van der Waals surface area (Å²) < 4.78 is 47.9. The van der Waals surface area contributed by atoms with Gasteiger partial charge in [0.15, 0.2) is 11.7 Å². The number of alkyl halides is 3. The average Bonchev–Trinajstić information content (AvgIpc) is 2.97. The lowest BCUT2D eigenvalue weighted by atomic mass is 10.1. The molecule has 0 bridgehead atoms. The van der Waals surface area contributed by atoms with Crippen molar-refractivity contribution >= 4 is 40.1 Å². The van der Waals surface area contributed by atoms with E-state index in [-0.39, 0.29) is 29.6 Å². The summed E-state index contributed by atoms with van der Waals surface area (Å²) in [5.74, 6) is -0.612. The van der Waals surface area contributed by atoms with Crippen molar-refractivity contribution in [1.82, 2.24) is 4.90 Å². The highest BCUT2D eigenvalue weighted by Gasteiger charge is 2.40. The van der Waals surface area contributed by atoms with Crippen LogP contribution in [0.4, 0.5) is 13.2 Å². The Morgan fingerprint density at radius 3 is 2.69 bits per heavy atom. The van der Waals surface area contributed by atoms with Crippen LogP contribution < -0.4 is 0 Å². The molecule has 5 nitrogen and oxygen atoms in total. The quantitative estimate of drug-likeness (QED) is 0.751. The van der Waals surface area contributed by atoms with Gasteiger partial charge in [-0.05, 0) is 12.1 Å². The number of hydrogen-bond donors (Lipinski definition) is 1. The molecule has 0 spiro atoms. The molecule has 0 aliphatic carbocycles. The summed E-state index contributed by atoms with van der Waals surface area (Å²) in [6.07, 6.45) is -6.38. The number of hydrogen-bond acceptors (Lipinski definition) is 4. The van der Waals surface area contributed by atoms with Gasteiger partial charge in [-0.3, -0.25) is 4.79 Å². The number of amides is 1. The first-order valence-electron chi connectivity index (χ1n) is 7.50. The van der Waals surface area contributed by atoms with Crippen molar-refractivity contribution in [1.29, 1.82) is 0 Å². The van der Waals surface area contributed by atoms with Gasteiger partial charge in [0.05, 0.1) is 30.9 Å². The SMILES string of the molecule is COCCN(CC(O)C(F)(F)F)C(=O)Cc1coc2c(Cl)c(Cl)ccc12. The molecule has 1 N–H and O–H groups in total. The predicted octanol–water partition coefficient (Wildman–Crippen LogP) is 3.68. The number of aliphatic hydroxyl groups is 1. The fourth-order valence-electron chi connectivity index (χ4n) is 2.34. The molecule has 1 aromatic heterocycles. The first-order valence-corrected chi connectivity index (χ1v) is 8.26. The Morgan fingerprint density at radius 2 is 2.08 bits per heavy atom. The molecule has 0 aliphatic rings. The number of carbonyl (C=O) groups is 1. The third-order valence-electron chi connectivity index (χ3n) is 3.75. The molecular weight excluding hydrogens is 398 g/mol. The molecule has 144 valence electrons. The lowest BCUT2D eigenvalue weighted by Gasteiger charge is -2.26. The van der Waals surface area contributed by atoms with Gasteiger partial charge in [0.2, 0.25) is 5.91 Å². The molecule has 0 radical (unpaired) electrons. The van der Waals surface area contributed by atoms with Crippen LogP contribution in [0.15, 0.2) is 22.8 Å². The molecule has 1 unspecified atom stereocenters. The van der Waals surface area contributed by atoms with Crippen molar-refractivity contribution in [2.45, 2.75) is 18.7 Å². The van der Waals surface area contributed by atoms with Gasteiger partial charge in [0.25, 0.3) is 0 Å². The van der Waals surface area contributed by atoms with E-state index in [0.29, 0.717) is 16.5 Å². The smallest absolute Gasteiger partial charge is 0.416 e. The molecule has 0 saturated heterocycles. The summed E-state index contributed by atoms with van der Waals surface area (Å²) in [6.45, 7) is -0.942. The van der Waals surface area contributed by atoms with Crippen LogP contribution >= 0.6 is 23.2 Å². The Kier molecular flexibility index (Phi) is 6.79. The topological polar surface area (TPSA) is 62.9 Å². The molecule has 1 amide bonds. The zero-order valence-electron chi connectivity index (χ0n) is 13.6. The maximum Gasteiger partial charge on any atom is 0.416 e. The van der Waals surface area contributed by atoms with Crippen LogP contribution in [0.25, 0.3) is 11.0 Å². The molecular formula is C16H16Cl2F3NO4. The Hall–Kier alpha value is -1.48. The summed E-state index contributed by atoms with van der Waals surface area (Å²) in [6, 6.07) is 3.14. The average molecular weight is 414 g/mol. The molecule has 1 aromatic carbocycles. The van der Waals surface area contributed by atoms with E-state index in [1.54, 1.807) is 6.07 Å². The van der Waals surface area contributed by atoms with Gasteiger partial charge in [0.1, 0.15) is 5.02 Å². The van der Waals surface area contributed by atoms with Crippen molar-refractivity contribution in [2.75, 3.05) is 26.8 Å². The van der Waals surface area contributed by atoms with Crippen LogP contribution in [0.2, 0.25) is 10.0 Å². The predicted molar refractivity (Wildman–Crippen MR) is 90.5 cm³/mol. The molecule has 2 aromatic rings. The van der Waals surface area contributed by atoms with Gasteiger partial charge in [-0.25, -0.2) is 0 Å². The number of nitrogens with zero attached hydrogens (tertiary/aromatic N) is 1. The molecule has 26 heavy (non-hydrogen) atoms. The molecule has 0 fully saturated rings. The lowest BCUT2D eigenvalue weighted by molar-refractivity contribution is -0.208. The third kappa shape index (κ3) is 4.82. The Balaban J connectivity index is 2.20. The number of aliphatic hydroxyl groups excluding tert-OH is 1. The van der Waals surface area contributed by atoms with Crippen molar-refractivity contribution in [3.05, 3.63) is 34.0 Å². The summed E-state index contributed by atoms with van der Waals surface area (Å²) >= 11 is 11.9. The minimum Gasteiger partial charge on any atom is -0.462 e. The minimum absolute atomic E-state index is 0.0316. The Morgan fingerprint density at radius 1 is 1.38 bits per heavy atom. The van der Waals surface area contributed by atoms with Gasteiger partial charge in [-0.15, -0.1) is 0 Å². The van der Waals surface area contributed by atoms with Crippen LogP contribution in [-0.2, 0) is 16.0 Å². The van der Waals surface area contributed by atoms with E-state index in [9.17, 15) is 23.1 Å². The Labute approximate surface area is 157 Å². The molecule has 1 heterocycles. The van der Waals surface area contributed by atoms with E-state index in [2.05, 4.69) is 0 Å². The van der Waals surface area contributed by atoms with Crippen molar-refractivity contribution in [3.63, 3.8) is 0 Å². The number of fused-ring (bicyclic) bond motifs is 1. The first-order chi connectivity index (χ1) is 12.1. The number of rotatable bonds is 7. The van der Waals surface area contributed by atoms with Gasteiger partial charge in [-0.2, -0.15) is 13.2 Å². The van der Waals surface area contributed by atoms with Gasteiger partial charge in [-0.1, -0.05) is 23.2 Å². The van der Waals surface area contributed by atoms with E-state index < -0.39 is 24.7 Å². The summed E-state index contributed by atoms with van der Waals surface area (Å²) in [4.78, 5) is 13.4. The molecule has 1 atom stereocenters. The van der Waals surface area contributed by atoms with Crippen molar-refractivity contribution < 1.29 is 32.2 Å². The van der Waals surface area contributed by atoms with Crippen molar-refractivity contribution in [2.24, 2.45) is 0 Å².